The van der Waals surface area contributed by atoms with Gasteiger partial charge >= 0.3 is 192 Å². The van der Waals surface area contributed by atoms with Crippen LogP contribution in [0.2, 0.25) is 0 Å². The first kappa shape index (κ1) is 21.5. The van der Waals surface area contributed by atoms with Crippen molar-refractivity contribution in [2.24, 2.45) is 0 Å². The summed E-state index contributed by atoms with van der Waals surface area (Å²) in [6.45, 7) is 0. The molecule has 0 bridgehead atoms. The van der Waals surface area contributed by atoms with Crippen molar-refractivity contribution in [1.29, 1.82) is 0 Å². The van der Waals surface area contributed by atoms with Gasteiger partial charge in [-0.3, -0.25) is 0 Å². The molecule has 4 heteroatoms. The van der Waals surface area contributed by atoms with Gasteiger partial charge < -0.3 is 0 Å². The molecule has 0 N–H and O–H groups in total. The van der Waals surface area contributed by atoms with Crippen molar-refractivity contribution in [1.82, 2.24) is 0 Å². The quantitative estimate of drug-likeness (QED) is 0.254. The number of carbonyl (C=O) groups excluding carboxylic acids is 1. The summed E-state index contributed by atoms with van der Waals surface area (Å²) in [5.41, 5.74) is 0.352. The Bertz CT molecular complexity index is 1050. The first-order valence-electron chi connectivity index (χ1n) is 10.1. The number of halogens is 1. The molecule has 31 heavy (non-hydrogen) atoms. The van der Waals surface area contributed by atoms with Crippen LogP contribution in [-0.4, -0.2) is 13.1 Å². The molecule has 1 atom stereocenters. The van der Waals surface area contributed by atoms with Gasteiger partial charge in [-0.2, -0.15) is 0 Å². The first-order chi connectivity index (χ1) is 15.1. The second-order valence-electron chi connectivity index (χ2n) is 7.42. The van der Waals surface area contributed by atoms with Crippen molar-refractivity contribution < 1.29 is 9.53 Å². The molecule has 4 aromatic rings. The van der Waals surface area contributed by atoms with Gasteiger partial charge in [-0.1, -0.05) is 0 Å². The van der Waals surface area contributed by atoms with Crippen LogP contribution in [0.4, 0.5) is 0 Å². The van der Waals surface area contributed by atoms with Crippen molar-refractivity contribution in [3.8, 4) is 0 Å². The number of methoxy groups -OCH3 is 1. The maximum atomic E-state index is 13.7. The van der Waals surface area contributed by atoms with E-state index in [0.29, 0.717) is 0 Å². The van der Waals surface area contributed by atoms with E-state index in [1.165, 1.54) is 7.11 Å². The molecule has 0 fully saturated rings. The van der Waals surface area contributed by atoms with Gasteiger partial charge in [0.25, 0.3) is 0 Å². The topological polar surface area (TPSA) is 26.3 Å². The van der Waals surface area contributed by atoms with Crippen molar-refractivity contribution >= 4 is 42.7 Å². The minimum atomic E-state index is -3.57. The molecule has 0 aromatic heterocycles. The fourth-order valence-electron chi connectivity index (χ4n) is 4.41. The molecule has 0 aliphatic rings. The van der Waals surface area contributed by atoms with Crippen LogP contribution in [0.3, 0.4) is 0 Å². The van der Waals surface area contributed by atoms with Crippen LogP contribution < -0.4 is 15.9 Å². The zero-order valence-electron chi connectivity index (χ0n) is 17.3. The maximum absolute atomic E-state index is 13.7. The summed E-state index contributed by atoms with van der Waals surface area (Å²) in [7, 11) is 1.47. The summed E-state index contributed by atoms with van der Waals surface area (Å²) in [5, 5.41) is -0.346. The van der Waals surface area contributed by atoms with Gasteiger partial charge in [0, 0.05) is 0 Å². The van der Waals surface area contributed by atoms with Crippen LogP contribution in [0.1, 0.15) is 11.2 Å². The number of benzene rings is 4. The van der Waals surface area contributed by atoms with E-state index in [2.05, 4.69) is 51.9 Å². The Labute approximate surface area is 191 Å². The summed E-state index contributed by atoms with van der Waals surface area (Å²) in [6, 6.07) is 40.8. The van der Waals surface area contributed by atoms with Gasteiger partial charge in [0.2, 0.25) is 0 Å². The van der Waals surface area contributed by atoms with Gasteiger partial charge in [-0.05, 0) is 0 Å². The molecule has 156 valence electrons. The molecule has 4 rings (SSSR count). The van der Waals surface area contributed by atoms with Crippen LogP contribution in [0.5, 0.6) is 0 Å². The average Bonchev–Trinajstić information content (AvgIpc) is 2.86. The number of rotatable bonds is 6. The number of ether oxygens (including phenoxy) is 1. The van der Waals surface area contributed by atoms with E-state index >= 15 is 0 Å². The Morgan fingerprint density at radius 1 is 0.645 bits per heavy atom. The van der Waals surface area contributed by atoms with Crippen molar-refractivity contribution in [3.63, 3.8) is 0 Å². The zero-order valence-corrected chi connectivity index (χ0v) is 19.7. The third-order valence-electron chi connectivity index (χ3n) is 5.81. The fourth-order valence-corrected chi connectivity index (χ4v) is 13.0. The molecule has 1 unspecified atom stereocenters. The predicted molar refractivity (Wildman–Crippen MR) is 135 cm³/mol. The van der Waals surface area contributed by atoms with E-state index in [4.69, 9.17) is 4.74 Å². The van der Waals surface area contributed by atoms with Crippen LogP contribution in [0.25, 0.3) is 0 Å². The third-order valence-corrected chi connectivity index (χ3v) is 16.1. The summed E-state index contributed by atoms with van der Waals surface area (Å²) >= 11 is 4.39. The molecule has 0 spiro atoms. The van der Waals surface area contributed by atoms with Crippen LogP contribution >= 0.6 is 20.8 Å². The van der Waals surface area contributed by atoms with Crippen molar-refractivity contribution in [3.05, 3.63) is 127 Å². The normalized spacial score (nSPS) is 13.5. The SMILES string of the molecule is COC(=O)C(c1ccccc1)P(Br)(c1ccccc1)(c1ccccc1)c1ccccc1. The molecule has 2 nitrogen and oxygen atoms in total. The van der Waals surface area contributed by atoms with Gasteiger partial charge in [0.1, 0.15) is 0 Å². The molecule has 0 saturated carbocycles. The monoisotopic (exact) mass is 490 g/mol. The van der Waals surface area contributed by atoms with Gasteiger partial charge in [0.05, 0.1) is 0 Å². The second-order valence-corrected chi connectivity index (χ2v) is 16.1. The van der Waals surface area contributed by atoms with Gasteiger partial charge in [0.15, 0.2) is 0 Å². The Hall–Kier alpha value is -2.74. The van der Waals surface area contributed by atoms with Gasteiger partial charge in [-0.25, -0.2) is 0 Å². The van der Waals surface area contributed by atoms with E-state index in [0.717, 1.165) is 21.5 Å². The first-order valence-corrected chi connectivity index (χ1v) is 14.5. The Morgan fingerprint density at radius 2 is 0.968 bits per heavy atom. The van der Waals surface area contributed by atoms with Crippen LogP contribution in [0, 0.1) is 0 Å². The van der Waals surface area contributed by atoms with E-state index in [-0.39, 0.29) is 5.97 Å². The van der Waals surface area contributed by atoms with E-state index in [1.54, 1.807) is 0 Å². The molecular formula is C27H24BrO2P. The van der Waals surface area contributed by atoms with Crippen molar-refractivity contribution in [2.75, 3.05) is 7.11 Å². The second kappa shape index (κ2) is 8.78. The predicted octanol–water partition coefficient (Wildman–Crippen LogP) is 5.74. The molecule has 0 heterocycles. The van der Waals surface area contributed by atoms with Crippen LogP contribution in [0.15, 0.2) is 121 Å². The Balaban J connectivity index is 2.24. The van der Waals surface area contributed by atoms with Crippen molar-refractivity contribution in [2.45, 2.75) is 5.66 Å². The van der Waals surface area contributed by atoms with E-state index in [9.17, 15) is 4.79 Å². The molecule has 4 aromatic carbocycles. The summed E-state index contributed by atoms with van der Waals surface area (Å²) < 4.78 is 5.47. The average molecular weight is 491 g/mol. The Kier molecular flexibility index (Phi) is 6.09. The summed E-state index contributed by atoms with van der Waals surface area (Å²) in [4.78, 5) is 13.7. The molecule has 0 aliphatic carbocycles. The number of esters is 1. The number of hydrogen-bond acceptors (Lipinski definition) is 2. The van der Waals surface area contributed by atoms with E-state index < -0.39 is 11.0 Å². The zero-order chi connectivity index (χ0) is 21.8. The van der Waals surface area contributed by atoms with Crippen LogP contribution in [-0.2, 0) is 9.53 Å². The molecule has 0 aliphatic heterocycles. The summed E-state index contributed by atoms with van der Waals surface area (Å²) in [5.74, 6) is -0.266. The number of carbonyl (C=O) groups is 1. The molecule has 0 amide bonds. The van der Waals surface area contributed by atoms with Gasteiger partial charge in [-0.15, -0.1) is 0 Å². The third kappa shape index (κ3) is 3.43. The standard InChI is InChI=1S/C27H24BrO2P/c1-30-27(29)26(22-14-6-2-7-15-22)31(28,23-16-8-3-9-17-23,24-18-10-4-11-19-24)25-20-12-5-13-21-25/h2-21,26H,1H3. The summed E-state index contributed by atoms with van der Waals surface area (Å²) in [6.07, 6.45) is 0. The minimum absolute atomic E-state index is 0.266. The number of hydrogen-bond donors (Lipinski definition) is 0. The Morgan fingerprint density at radius 3 is 1.29 bits per heavy atom. The fraction of sp³-hybridized carbons (Fsp3) is 0.0741. The molecular weight excluding hydrogens is 467 g/mol. The molecule has 0 saturated heterocycles. The van der Waals surface area contributed by atoms with E-state index in [1.807, 2.05) is 84.9 Å². The molecule has 0 radical (unpaired) electrons.